The lowest BCUT2D eigenvalue weighted by Gasteiger charge is -2.03. The molecule has 0 saturated heterocycles. The lowest BCUT2D eigenvalue weighted by molar-refractivity contribution is 1.10. The molecular weight excluding hydrogens is 266 g/mol. The molecule has 0 unspecified atom stereocenters. The highest BCUT2D eigenvalue weighted by Gasteiger charge is 2.04. The topological polar surface area (TPSA) is 30.2 Å². The van der Waals surface area contributed by atoms with Gasteiger partial charge in [-0.2, -0.15) is 0 Å². The van der Waals surface area contributed by atoms with Crippen molar-refractivity contribution in [2.24, 2.45) is 0 Å². The van der Waals surface area contributed by atoms with E-state index in [1.807, 2.05) is 28.8 Å². The maximum Gasteiger partial charge on any atom is 0.174 e. The fraction of sp³-hybridized carbons (Fsp3) is 0. The Morgan fingerprint density at radius 1 is 1.06 bits per heavy atom. The van der Waals surface area contributed by atoms with Gasteiger partial charge in [-0.05, 0) is 33.1 Å². The fourth-order valence-corrected chi connectivity index (χ4v) is 2.22. The summed E-state index contributed by atoms with van der Waals surface area (Å²) in [7, 11) is 0. The summed E-state index contributed by atoms with van der Waals surface area (Å²) in [5.41, 5.74) is 3.15. The second-order valence-electron chi connectivity index (χ2n) is 3.50. The minimum Gasteiger partial charge on any atom is -0.287 e. The smallest absolute Gasteiger partial charge is 0.174 e. The molecule has 78 valence electrons. The second kappa shape index (κ2) is 3.72. The van der Waals surface area contributed by atoms with E-state index in [1.165, 1.54) is 5.56 Å². The number of pyridine rings is 1. The van der Waals surface area contributed by atoms with E-state index in [4.69, 9.17) is 0 Å². The highest BCUT2D eigenvalue weighted by atomic mass is 79.9. The van der Waals surface area contributed by atoms with E-state index in [9.17, 15) is 0 Å². The van der Waals surface area contributed by atoms with Crippen LogP contribution < -0.4 is 0 Å². The summed E-state index contributed by atoms with van der Waals surface area (Å²) in [6.45, 7) is 0. The van der Waals surface area contributed by atoms with Crippen LogP contribution in [0.3, 0.4) is 0 Å². The van der Waals surface area contributed by atoms with Gasteiger partial charge in [-0.3, -0.25) is 4.40 Å². The fourth-order valence-electron chi connectivity index (χ4n) is 1.68. The molecule has 16 heavy (non-hydrogen) atoms. The van der Waals surface area contributed by atoms with E-state index in [1.54, 1.807) is 6.33 Å². The Morgan fingerprint density at radius 2 is 1.88 bits per heavy atom. The van der Waals surface area contributed by atoms with Crippen LogP contribution in [-0.4, -0.2) is 14.6 Å². The summed E-state index contributed by atoms with van der Waals surface area (Å²) in [5.74, 6) is 0. The van der Waals surface area contributed by atoms with E-state index < -0.39 is 0 Å². The van der Waals surface area contributed by atoms with Gasteiger partial charge in [0.05, 0.1) is 4.47 Å². The summed E-state index contributed by atoms with van der Waals surface area (Å²) in [6.07, 6.45) is 3.72. The third-order valence-corrected chi connectivity index (χ3v) is 3.04. The van der Waals surface area contributed by atoms with Crippen molar-refractivity contribution in [3.05, 3.63) is 53.4 Å². The van der Waals surface area contributed by atoms with Crippen LogP contribution in [0.1, 0.15) is 0 Å². The molecule has 3 aromatic rings. The lowest BCUT2D eigenvalue weighted by Crippen LogP contribution is -1.87. The molecule has 0 amide bonds. The minimum atomic E-state index is 0.833. The zero-order chi connectivity index (χ0) is 11.0. The Bertz CT molecular complexity index is 631. The van der Waals surface area contributed by atoms with Gasteiger partial charge in [0, 0.05) is 6.20 Å². The Kier molecular flexibility index (Phi) is 2.22. The van der Waals surface area contributed by atoms with Crippen molar-refractivity contribution in [2.45, 2.75) is 0 Å². The number of aromatic nitrogens is 3. The van der Waals surface area contributed by atoms with E-state index in [2.05, 4.69) is 44.3 Å². The standard InChI is InChI=1S/C12H8BrN3/c13-11-6-10(9-4-2-1-3-5-9)7-16-8-14-15-12(11)16/h1-8H. The molecule has 0 aliphatic rings. The monoisotopic (exact) mass is 273 g/mol. The highest BCUT2D eigenvalue weighted by molar-refractivity contribution is 9.10. The molecule has 2 aromatic heterocycles. The molecule has 0 aliphatic heterocycles. The predicted octanol–water partition coefficient (Wildman–Crippen LogP) is 3.16. The molecule has 3 rings (SSSR count). The molecule has 0 fully saturated rings. The quantitative estimate of drug-likeness (QED) is 0.682. The first-order valence-corrected chi connectivity index (χ1v) is 5.68. The number of halogens is 1. The normalized spacial score (nSPS) is 10.8. The van der Waals surface area contributed by atoms with Gasteiger partial charge >= 0.3 is 0 Å². The van der Waals surface area contributed by atoms with Crippen molar-refractivity contribution in [3.8, 4) is 11.1 Å². The molecule has 0 spiro atoms. The highest BCUT2D eigenvalue weighted by Crippen LogP contribution is 2.25. The molecule has 1 aromatic carbocycles. The van der Waals surface area contributed by atoms with Crippen molar-refractivity contribution < 1.29 is 0 Å². The van der Waals surface area contributed by atoms with E-state index in [0.717, 1.165) is 15.7 Å². The zero-order valence-corrected chi connectivity index (χ0v) is 9.92. The maximum absolute atomic E-state index is 4.02. The number of rotatable bonds is 1. The number of hydrogen-bond donors (Lipinski definition) is 0. The van der Waals surface area contributed by atoms with Crippen molar-refractivity contribution in [3.63, 3.8) is 0 Å². The number of nitrogens with zero attached hydrogens (tertiary/aromatic N) is 3. The zero-order valence-electron chi connectivity index (χ0n) is 8.34. The van der Waals surface area contributed by atoms with Gasteiger partial charge < -0.3 is 0 Å². The Labute approximate surface area is 101 Å². The van der Waals surface area contributed by atoms with E-state index in [0.29, 0.717) is 0 Å². The average molecular weight is 274 g/mol. The van der Waals surface area contributed by atoms with E-state index >= 15 is 0 Å². The summed E-state index contributed by atoms with van der Waals surface area (Å²) in [6, 6.07) is 12.3. The van der Waals surface area contributed by atoms with Gasteiger partial charge in [0.15, 0.2) is 5.65 Å². The first-order valence-electron chi connectivity index (χ1n) is 4.89. The van der Waals surface area contributed by atoms with Crippen molar-refractivity contribution in [2.75, 3.05) is 0 Å². The predicted molar refractivity (Wildman–Crippen MR) is 66.1 cm³/mol. The summed E-state index contributed by atoms with van der Waals surface area (Å²) >= 11 is 3.50. The minimum absolute atomic E-state index is 0.833. The van der Waals surface area contributed by atoms with Gasteiger partial charge in [0.25, 0.3) is 0 Å². The molecule has 0 atom stereocenters. The van der Waals surface area contributed by atoms with Gasteiger partial charge in [-0.15, -0.1) is 10.2 Å². The third-order valence-electron chi connectivity index (χ3n) is 2.45. The molecule has 2 heterocycles. The van der Waals surface area contributed by atoms with Crippen LogP contribution in [0.5, 0.6) is 0 Å². The first-order chi connectivity index (χ1) is 7.84. The molecular formula is C12H8BrN3. The molecule has 0 N–H and O–H groups in total. The SMILES string of the molecule is Brc1cc(-c2ccccc2)cn2cnnc12. The molecule has 3 nitrogen and oxygen atoms in total. The van der Waals surface area contributed by atoms with Gasteiger partial charge in [0.2, 0.25) is 0 Å². The van der Waals surface area contributed by atoms with Crippen LogP contribution in [0.15, 0.2) is 53.4 Å². The van der Waals surface area contributed by atoms with Crippen LogP contribution in [-0.2, 0) is 0 Å². The summed E-state index contributed by atoms with van der Waals surface area (Å²) in [4.78, 5) is 0. The van der Waals surface area contributed by atoms with Gasteiger partial charge in [-0.25, -0.2) is 0 Å². The van der Waals surface area contributed by atoms with Crippen LogP contribution in [0, 0.1) is 0 Å². The van der Waals surface area contributed by atoms with Crippen molar-refractivity contribution in [1.29, 1.82) is 0 Å². The number of benzene rings is 1. The maximum atomic E-state index is 4.02. The first kappa shape index (κ1) is 9.54. The molecule has 0 saturated carbocycles. The van der Waals surface area contributed by atoms with E-state index in [-0.39, 0.29) is 0 Å². The van der Waals surface area contributed by atoms with Crippen LogP contribution in [0.25, 0.3) is 16.8 Å². The van der Waals surface area contributed by atoms with Crippen LogP contribution in [0.4, 0.5) is 0 Å². The average Bonchev–Trinajstić information content (AvgIpc) is 2.79. The Balaban J connectivity index is 2.25. The Morgan fingerprint density at radius 3 is 2.69 bits per heavy atom. The van der Waals surface area contributed by atoms with Crippen molar-refractivity contribution >= 4 is 21.6 Å². The van der Waals surface area contributed by atoms with Crippen LogP contribution >= 0.6 is 15.9 Å². The van der Waals surface area contributed by atoms with Crippen LogP contribution in [0.2, 0.25) is 0 Å². The summed E-state index contributed by atoms with van der Waals surface area (Å²) in [5, 5.41) is 7.90. The Hall–Kier alpha value is -1.68. The van der Waals surface area contributed by atoms with Gasteiger partial charge in [-0.1, -0.05) is 30.3 Å². The largest absolute Gasteiger partial charge is 0.287 e. The molecule has 0 radical (unpaired) electrons. The van der Waals surface area contributed by atoms with Crippen molar-refractivity contribution in [1.82, 2.24) is 14.6 Å². The molecule has 4 heteroatoms. The summed E-state index contributed by atoms with van der Waals surface area (Å²) < 4.78 is 2.86. The second-order valence-corrected chi connectivity index (χ2v) is 4.36. The lowest BCUT2D eigenvalue weighted by atomic mass is 10.1. The molecule has 0 aliphatic carbocycles. The number of fused-ring (bicyclic) bond motifs is 1. The third kappa shape index (κ3) is 1.51. The molecule has 0 bridgehead atoms. The number of hydrogen-bond acceptors (Lipinski definition) is 2. The van der Waals surface area contributed by atoms with Gasteiger partial charge in [0.1, 0.15) is 6.33 Å².